The predicted octanol–water partition coefficient (Wildman–Crippen LogP) is 1.75. The molecule has 3 amide bonds. The maximum atomic E-state index is 12.6. The summed E-state index contributed by atoms with van der Waals surface area (Å²) in [5.74, 6) is -0.0147. The summed E-state index contributed by atoms with van der Waals surface area (Å²) >= 11 is 6.07. The fourth-order valence-corrected chi connectivity index (χ4v) is 4.47. The van der Waals surface area contributed by atoms with Crippen LogP contribution in [-0.2, 0) is 14.4 Å². The Balaban J connectivity index is 1.21. The minimum Gasteiger partial charge on any atom is -0.368 e. The highest BCUT2D eigenvalue weighted by Gasteiger charge is 2.36. The van der Waals surface area contributed by atoms with Crippen molar-refractivity contribution < 1.29 is 14.4 Å². The molecule has 1 aromatic carbocycles. The molecule has 1 aromatic rings. The van der Waals surface area contributed by atoms with E-state index in [2.05, 4.69) is 10.2 Å². The van der Waals surface area contributed by atoms with Gasteiger partial charge in [0, 0.05) is 55.9 Å². The molecule has 2 saturated heterocycles. The number of nitrogens with zero attached hydrogens (tertiary/aromatic N) is 3. The molecular weight excluding hydrogens is 404 g/mol. The summed E-state index contributed by atoms with van der Waals surface area (Å²) in [6.07, 6.45) is 3.57. The third kappa shape index (κ3) is 5.06. The molecule has 0 unspecified atom stereocenters. The molecule has 0 radical (unpaired) electrons. The lowest BCUT2D eigenvalue weighted by Crippen LogP contribution is -2.52. The van der Waals surface area contributed by atoms with Crippen LogP contribution in [0.25, 0.3) is 0 Å². The van der Waals surface area contributed by atoms with Gasteiger partial charge in [0.15, 0.2) is 0 Å². The summed E-state index contributed by atoms with van der Waals surface area (Å²) in [7, 11) is 0. The lowest BCUT2D eigenvalue weighted by Gasteiger charge is -2.36. The lowest BCUT2D eigenvalue weighted by atomic mass is 9.96. The zero-order valence-corrected chi connectivity index (χ0v) is 17.9. The first-order chi connectivity index (χ1) is 14.5. The van der Waals surface area contributed by atoms with Gasteiger partial charge in [-0.1, -0.05) is 17.7 Å². The van der Waals surface area contributed by atoms with Gasteiger partial charge in [0.05, 0.1) is 12.5 Å². The van der Waals surface area contributed by atoms with Crippen LogP contribution in [0.4, 0.5) is 5.69 Å². The van der Waals surface area contributed by atoms with Crippen molar-refractivity contribution in [1.29, 1.82) is 0 Å². The van der Waals surface area contributed by atoms with Crippen LogP contribution in [0.3, 0.4) is 0 Å². The van der Waals surface area contributed by atoms with Crippen molar-refractivity contribution in [3.63, 3.8) is 0 Å². The first kappa shape index (κ1) is 21.0. The second-order valence-electron chi connectivity index (χ2n) is 8.46. The number of anilines is 1. The summed E-state index contributed by atoms with van der Waals surface area (Å²) in [6.45, 7) is 3.95. The Morgan fingerprint density at radius 3 is 2.43 bits per heavy atom. The SMILES string of the molecule is O=C(NCC(=O)N1CCN(c2cccc(Cl)c2)CC1)[C@H]1CCCN(C(=O)C2CC2)C1. The predicted molar refractivity (Wildman–Crippen MR) is 115 cm³/mol. The molecule has 0 spiro atoms. The standard InChI is InChI=1S/C22H29ClN4O3/c23-18-4-1-5-19(13-18)25-9-11-26(12-10-25)20(28)14-24-21(29)17-3-2-8-27(15-17)22(30)16-6-7-16/h1,4-5,13,16-17H,2-3,6-12,14-15H2,(H,24,29)/t17-/m0/s1. The van der Waals surface area contributed by atoms with Gasteiger partial charge in [-0.15, -0.1) is 0 Å². The molecule has 7 nitrogen and oxygen atoms in total. The maximum Gasteiger partial charge on any atom is 0.242 e. The first-order valence-electron chi connectivity index (χ1n) is 10.9. The summed E-state index contributed by atoms with van der Waals surface area (Å²) in [5.41, 5.74) is 1.06. The minimum atomic E-state index is -0.214. The highest BCUT2D eigenvalue weighted by molar-refractivity contribution is 6.30. The number of hydrogen-bond acceptors (Lipinski definition) is 4. The Morgan fingerprint density at radius 1 is 0.967 bits per heavy atom. The van der Waals surface area contributed by atoms with Crippen LogP contribution in [0.1, 0.15) is 25.7 Å². The number of hydrogen-bond donors (Lipinski definition) is 1. The molecule has 30 heavy (non-hydrogen) atoms. The van der Waals surface area contributed by atoms with Crippen LogP contribution in [-0.4, -0.2) is 73.3 Å². The van der Waals surface area contributed by atoms with E-state index in [9.17, 15) is 14.4 Å². The molecule has 2 heterocycles. The van der Waals surface area contributed by atoms with Gasteiger partial charge in [-0.05, 0) is 43.9 Å². The Labute approximate surface area is 182 Å². The zero-order chi connectivity index (χ0) is 21.1. The van der Waals surface area contributed by atoms with E-state index in [0.29, 0.717) is 24.7 Å². The summed E-state index contributed by atoms with van der Waals surface area (Å²) in [5, 5.41) is 3.51. The number of amides is 3. The number of benzene rings is 1. The number of carbonyl (C=O) groups is 3. The number of halogens is 1. The molecule has 1 aliphatic carbocycles. The van der Waals surface area contributed by atoms with Crippen molar-refractivity contribution in [2.24, 2.45) is 11.8 Å². The summed E-state index contributed by atoms with van der Waals surface area (Å²) in [6, 6.07) is 7.72. The second-order valence-corrected chi connectivity index (χ2v) is 8.90. The van der Waals surface area contributed by atoms with E-state index in [4.69, 9.17) is 11.6 Å². The van der Waals surface area contributed by atoms with Gasteiger partial charge in [0.2, 0.25) is 17.7 Å². The molecule has 4 rings (SSSR count). The third-order valence-electron chi connectivity index (χ3n) is 6.25. The summed E-state index contributed by atoms with van der Waals surface area (Å²) < 4.78 is 0. The second kappa shape index (κ2) is 9.25. The van der Waals surface area contributed by atoms with Crippen molar-refractivity contribution in [2.45, 2.75) is 25.7 Å². The first-order valence-corrected chi connectivity index (χ1v) is 11.2. The van der Waals surface area contributed by atoms with Crippen molar-refractivity contribution in [1.82, 2.24) is 15.1 Å². The number of nitrogens with one attached hydrogen (secondary N) is 1. The average Bonchev–Trinajstić information content (AvgIpc) is 3.62. The summed E-state index contributed by atoms with van der Waals surface area (Å²) in [4.78, 5) is 43.2. The van der Waals surface area contributed by atoms with Crippen LogP contribution in [0.15, 0.2) is 24.3 Å². The molecule has 0 aromatic heterocycles. The van der Waals surface area contributed by atoms with Gasteiger partial charge >= 0.3 is 0 Å². The third-order valence-corrected chi connectivity index (χ3v) is 6.49. The number of likely N-dealkylation sites (tertiary alicyclic amines) is 1. The van der Waals surface area contributed by atoms with Crippen molar-refractivity contribution in [2.75, 3.05) is 50.7 Å². The van der Waals surface area contributed by atoms with Gasteiger partial charge in [-0.2, -0.15) is 0 Å². The molecular formula is C22H29ClN4O3. The van der Waals surface area contributed by atoms with Crippen LogP contribution < -0.4 is 10.2 Å². The van der Waals surface area contributed by atoms with Crippen LogP contribution in [0.2, 0.25) is 5.02 Å². The topological polar surface area (TPSA) is 73.0 Å². The normalized spacial score (nSPS) is 22.0. The Morgan fingerprint density at radius 2 is 1.73 bits per heavy atom. The lowest BCUT2D eigenvalue weighted by molar-refractivity contribution is -0.138. The van der Waals surface area contributed by atoms with E-state index in [1.807, 2.05) is 29.2 Å². The van der Waals surface area contributed by atoms with Gasteiger partial charge in [-0.3, -0.25) is 14.4 Å². The van der Waals surface area contributed by atoms with Gasteiger partial charge in [-0.25, -0.2) is 0 Å². The van der Waals surface area contributed by atoms with Gasteiger partial charge in [0.1, 0.15) is 0 Å². The molecule has 1 atom stereocenters. The minimum absolute atomic E-state index is 0.0169. The molecule has 162 valence electrons. The number of piperazine rings is 1. The van der Waals surface area contributed by atoms with Gasteiger partial charge < -0.3 is 20.0 Å². The number of carbonyl (C=O) groups excluding carboxylic acids is 3. The van der Waals surface area contributed by atoms with E-state index < -0.39 is 0 Å². The Hall–Kier alpha value is -2.28. The highest BCUT2D eigenvalue weighted by Crippen LogP contribution is 2.32. The van der Waals surface area contributed by atoms with Crippen molar-refractivity contribution in [3.8, 4) is 0 Å². The maximum absolute atomic E-state index is 12.6. The molecule has 3 aliphatic rings. The van der Waals surface area contributed by atoms with E-state index in [1.54, 1.807) is 4.90 Å². The zero-order valence-electron chi connectivity index (χ0n) is 17.2. The molecule has 8 heteroatoms. The van der Waals surface area contributed by atoms with E-state index >= 15 is 0 Å². The van der Waals surface area contributed by atoms with E-state index in [1.165, 1.54) is 0 Å². The Kier molecular flexibility index (Phi) is 6.46. The molecule has 1 saturated carbocycles. The molecule has 0 bridgehead atoms. The van der Waals surface area contributed by atoms with Crippen LogP contribution in [0, 0.1) is 11.8 Å². The largest absolute Gasteiger partial charge is 0.368 e. The molecule has 2 aliphatic heterocycles. The monoisotopic (exact) mass is 432 g/mol. The van der Waals surface area contributed by atoms with Gasteiger partial charge in [0.25, 0.3) is 0 Å². The van der Waals surface area contributed by atoms with Crippen LogP contribution >= 0.6 is 11.6 Å². The Bertz CT molecular complexity index is 805. The number of piperidine rings is 1. The fraction of sp³-hybridized carbons (Fsp3) is 0.591. The van der Waals surface area contributed by atoms with Crippen molar-refractivity contribution in [3.05, 3.63) is 29.3 Å². The van der Waals surface area contributed by atoms with Crippen LogP contribution in [0.5, 0.6) is 0 Å². The molecule has 3 fully saturated rings. The molecule has 1 N–H and O–H groups in total. The average molecular weight is 433 g/mol. The fourth-order valence-electron chi connectivity index (χ4n) is 4.29. The quantitative estimate of drug-likeness (QED) is 0.769. The van der Waals surface area contributed by atoms with E-state index in [0.717, 1.165) is 51.0 Å². The number of rotatable bonds is 5. The van der Waals surface area contributed by atoms with E-state index in [-0.39, 0.29) is 36.1 Å². The van der Waals surface area contributed by atoms with Crippen molar-refractivity contribution >= 4 is 35.0 Å². The highest BCUT2D eigenvalue weighted by atomic mass is 35.5. The smallest absolute Gasteiger partial charge is 0.242 e.